The topological polar surface area (TPSA) is 26.3 Å². The number of unbranched alkanes of at least 4 members (excludes halogenated alkanes) is 6. The van der Waals surface area contributed by atoms with Gasteiger partial charge in [-0.05, 0) is 25.7 Å². The van der Waals surface area contributed by atoms with Crippen LogP contribution < -0.4 is 0 Å². The standard InChI is InChI=1S/C18H36NO2/c1-5-7-8-9-10-11-12-13-14-18(20)21-17-16-19(3,4)15-6-2/h5H,1,6-17H2,2-4H3/q+1. The molecule has 0 N–H and O–H groups in total. The number of nitrogens with zero attached hydrogens (tertiary/aromatic N) is 1. The van der Waals surface area contributed by atoms with Crippen molar-refractivity contribution in [2.24, 2.45) is 0 Å². The second-order valence-corrected chi connectivity index (χ2v) is 6.55. The van der Waals surface area contributed by atoms with E-state index in [0.29, 0.717) is 13.0 Å². The van der Waals surface area contributed by atoms with Gasteiger partial charge in [-0.3, -0.25) is 4.79 Å². The van der Waals surface area contributed by atoms with E-state index in [1.807, 2.05) is 6.08 Å². The first kappa shape index (κ1) is 20.2. The number of likely N-dealkylation sites (N-methyl/N-ethyl adjacent to an activating group) is 1. The van der Waals surface area contributed by atoms with Crippen LogP contribution in [0.2, 0.25) is 0 Å². The van der Waals surface area contributed by atoms with Gasteiger partial charge in [0.25, 0.3) is 0 Å². The molecule has 0 aromatic carbocycles. The lowest BCUT2D eigenvalue weighted by Crippen LogP contribution is -2.43. The van der Waals surface area contributed by atoms with Crippen molar-refractivity contribution in [2.45, 2.75) is 64.7 Å². The molecule has 0 aromatic rings. The monoisotopic (exact) mass is 298 g/mol. The van der Waals surface area contributed by atoms with E-state index in [4.69, 9.17) is 4.74 Å². The second-order valence-electron chi connectivity index (χ2n) is 6.55. The largest absolute Gasteiger partial charge is 0.460 e. The van der Waals surface area contributed by atoms with Crippen LogP contribution in [0.3, 0.4) is 0 Å². The highest BCUT2D eigenvalue weighted by Gasteiger charge is 2.14. The Kier molecular flexibility index (Phi) is 12.4. The Bertz CT molecular complexity index is 274. The van der Waals surface area contributed by atoms with E-state index < -0.39 is 0 Å². The Labute approximate surface area is 131 Å². The van der Waals surface area contributed by atoms with Gasteiger partial charge in [-0.2, -0.15) is 0 Å². The summed E-state index contributed by atoms with van der Waals surface area (Å²) in [4.78, 5) is 11.6. The molecule has 0 rings (SSSR count). The first-order valence-electron chi connectivity index (χ1n) is 8.60. The highest BCUT2D eigenvalue weighted by Crippen LogP contribution is 2.09. The van der Waals surface area contributed by atoms with Crippen molar-refractivity contribution < 1.29 is 14.0 Å². The Morgan fingerprint density at radius 2 is 1.67 bits per heavy atom. The molecule has 0 atom stereocenters. The van der Waals surface area contributed by atoms with Gasteiger partial charge >= 0.3 is 5.97 Å². The third-order valence-corrected chi connectivity index (χ3v) is 3.83. The SMILES string of the molecule is C=CCCCCCCCCC(=O)OCC[N+](C)(C)CCC. The number of quaternary nitrogens is 1. The van der Waals surface area contributed by atoms with E-state index in [0.717, 1.165) is 43.3 Å². The van der Waals surface area contributed by atoms with Crippen molar-refractivity contribution in [1.82, 2.24) is 0 Å². The van der Waals surface area contributed by atoms with E-state index >= 15 is 0 Å². The fraction of sp³-hybridized carbons (Fsp3) is 0.833. The van der Waals surface area contributed by atoms with Gasteiger partial charge < -0.3 is 9.22 Å². The summed E-state index contributed by atoms with van der Waals surface area (Å²) in [5, 5.41) is 0. The summed E-state index contributed by atoms with van der Waals surface area (Å²) in [5.74, 6) is -0.0295. The molecule has 124 valence electrons. The van der Waals surface area contributed by atoms with Crippen LogP contribution in [0, 0.1) is 0 Å². The molecule has 21 heavy (non-hydrogen) atoms. The molecule has 0 radical (unpaired) electrons. The molecule has 0 spiro atoms. The zero-order chi connectivity index (χ0) is 16.0. The quantitative estimate of drug-likeness (QED) is 0.207. The van der Waals surface area contributed by atoms with E-state index in [2.05, 4.69) is 27.6 Å². The summed E-state index contributed by atoms with van der Waals surface area (Å²) < 4.78 is 6.24. The summed E-state index contributed by atoms with van der Waals surface area (Å²) in [6, 6.07) is 0. The Hall–Kier alpha value is -0.830. The minimum Gasteiger partial charge on any atom is -0.460 e. The lowest BCUT2D eigenvalue weighted by atomic mass is 10.1. The average Bonchev–Trinajstić information content (AvgIpc) is 2.41. The molecular weight excluding hydrogens is 262 g/mol. The number of hydrogen-bond acceptors (Lipinski definition) is 2. The fourth-order valence-corrected chi connectivity index (χ4v) is 2.46. The van der Waals surface area contributed by atoms with Gasteiger partial charge in [0, 0.05) is 6.42 Å². The van der Waals surface area contributed by atoms with Gasteiger partial charge in [0.1, 0.15) is 13.2 Å². The van der Waals surface area contributed by atoms with Gasteiger partial charge in [-0.25, -0.2) is 0 Å². The molecular formula is C18H36NO2+. The number of ether oxygens (including phenoxy) is 1. The van der Waals surface area contributed by atoms with Crippen LogP contribution in [-0.4, -0.2) is 44.2 Å². The first-order chi connectivity index (χ1) is 10.0. The normalized spacial score (nSPS) is 11.4. The van der Waals surface area contributed by atoms with Crippen LogP contribution in [0.1, 0.15) is 64.7 Å². The molecule has 0 amide bonds. The van der Waals surface area contributed by atoms with Crippen molar-refractivity contribution in [3.63, 3.8) is 0 Å². The molecule has 0 aliphatic rings. The van der Waals surface area contributed by atoms with Gasteiger partial charge in [-0.1, -0.05) is 38.7 Å². The number of allylic oxidation sites excluding steroid dienone is 1. The molecule has 0 saturated carbocycles. The van der Waals surface area contributed by atoms with Crippen LogP contribution in [0.4, 0.5) is 0 Å². The zero-order valence-electron chi connectivity index (χ0n) is 14.5. The predicted molar refractivity (Wildman–Crippen MR) is 90.2 cm³/mol. The summed E-state index contributed by atoms with van der Waals surface area (Å²) in [5.41, 5.74) is 0. The van der Waals surface area contributed by atoms with Gasteiger partial charge in [0.15, 0.2) is 0 Å². The van der Waals surface area contributed by atoms with Crippen molar-refractivity contribution in [1.29, 1.82) is 0 Å². The summed E-state index contributed by atoms with van der Waals surface area (Å²) in [7, 11) is 4.37. The fourth-order valence-electron chi connectivity index (χ4n) is 2.46. The number of carbonyl (C=O) groups is 1. The van der Waals surface area contributed by atoms with Crippen molar-refractivity contribution in [3.8, 4) is 0 Å². The number of rotatable bonds is 14. The Morgan fingerprint density at radius 1 is 1.05 bits per heavy atom. The molecule has 3 heteroatoms. The molecule has 0 aliphatic heterocycles. The average molecular weight is 298 g/mol. The summed E-state index contributed by atoms with van der Waals surface area (Å²) in [6.45, 7) is 8.49. The maximum absolute atomic E-state index is 11.6. The van der Waals surface area contributed by atoms with Crippen LogP contribution in [0.25, 0.3) is 0 Å². The van der Waals surface area contributed by atoms with E-state index in [1.165, 1.54) is 25.7 Å². The minimum absolute atomic E-state index is 0.0295. The lowest BCUT2D eigenvalue weighted by molar-refractivity contribution is -0.890. The smallest absolute Gasteiger partial charge is 0.305 e. The van der Waals surface area contributed by atoms with Crippen molar-refractivity contribution in [2.75, 3.05) is 33.8 Å². The number of hydrogen-bond donors (Lipinski definition) is 0. The minimum atomic E-state index is -0.0295. The van der Waals surface area contributed by atoms with Crippen molar-refractivity contribution >= 4 is 5.97 Å². The Balaban J connectivity index is 3.40. The van der Waals surface area contributed by atoms with Crippen LogP contribution in [0.5, 0.6) is 0 Å². The van der Waals surface area contributed by atoms with Gasteiger partial charge in [0.2, 0.25) is 0 Å². The molecule has 0 aliphatic carbocycles. The molecule has 0 unspecified atom stereocenters. The van der Waals surface area contributed by atoms with Gasteiger partial charge in [0.05, 0.1) is 20.6 Å². The van der Waals surface area contributed by atoms with Gasteiger partial charge in [-0.15, -0.1) is 6.58 Å². The van der Waals surface area contributed by atoms with E-state index in [9.17, 15) is 4.79 Å². The molecule has 0 heterocycles. The van der Waals surface area contributed by atoms with E-state index in [1.54, 1.807) is 0 Å². The lowest BCUT2D eigenvalue weighted by Gasteiger charge is -2.28. The van der Waals surface area contributed by atoms with Crippen molar-refractivity contribution in [3.05, 3.63) is 12.7 Å². The Morgan fingerprint density at radius 3 is 2.29 bits per heavy atom. The molecule has 0 fully saturated rings. The highest BCUT2D eigenvalue weighted by molar-refractivity contribution is 5.69. The first-order valence-corrected chi connectivity index (χ1v) is 8.60. The maximum Gasteiger partial charge on any atom is 0.305 e. The maximum atomic E-state index is 11.6. The predicted octanol–water partition coefficient (Wildman–Crippen LogP) is 4.32. The summed E-state index contributed by atoms with van der Waals surface area (Å²) in [6.07, 6.45) is 12.0. The highest BCUT2D eigenvalue weighted by atomic mass is 16.5. The summed E-state index contributed by atoms with van der Waals surface area (Å²) >= 11 is 0. The van der Waals surface area contributed by atoms with Crippen LogP contribution in [-0.2, 0) is 9.53 Å². The second kappa shape index (κ2) is 12.9. The number of esters is 1. The van der Waals surface area contributed by atoms with E-state index in [-0.39, 0.29) is 5.97 Å². The molecule has 3 nitrogen and oxygen atoms in total. The zero-order valence-corrected chi connectivity index (χ0v) is 14.5. The molecule has 0 aromatic heterocycles. The molecule has 0 saturated heterocycles. The third kappa shape index (κ3) is 13.9. The molecule has 0 bridgehead atoms. The van der Waals surface area contributed by atoms with Crippen LogP contribution >= 0.6 is 0 Å². The number of carbonyl (C=O) groups excluding carboxylic acids is 1. The third-order valence-electron chi connectivity index (χ3n) is 3.83. The van der Waals surface area contributed by atoms with Crippen LogP contribution in [0.15, 0.2) is 12.7 Å².